The molecule has 1 aromatic heterocycles. The van der Waals surface area contributed by atoms with Crippen LogP contribution in [0.3, 0.4) is 0 Å². The summed E-state index contributed by atoms with van der Waals surface area (Å²) in [6, 6.07) is 5.13. The molecule has 20 heavy (non-hydrogen) atoms. The second-order valence-corrected chi connectivity index (χ2v) is 4.75. The van der Waals surface area contributed by atoms with Crippen molar-refractivity contribution in [1.82, 2.24) is 4.57 Å². The highest BCUT2D eigenvalue weighted by Crippen LogP contribution is 2.29. The zero-order chi connectivity index (χ0) is 14.3. The first-order valence-electron chi connectivity index (χ1n) is 6.24. The number of rotatable bonds is 1. The van der Waals surface area contributed by atoms with Gasteiger partial charge in [-0.15, -0.1) is 0 Å². The van der Waals surface area contributed by atoms with Crippen molar-refractivity contribution in [2.75, 3.05) is 0 Å². The summed E-state index contributed by atoms with van der Waals surface area (Å²) in [7, 11) is 0. The molecule has 0 unspecified atom stereocenters. The van der Waals surface area contributed by atoms with E-state index in [4.69, 9.17) is 5.26 Å². The van der Waals surface area contributed by atoms with Crippen LogP contribution in [0.4, 0.5) is 8.78 Å². The SMILES string of the molecule is N#Cc1cn(-c2cc(F)cc(F)c2)c2c1C(=O)CCC2. The predicted molar refractivity (Wildman–Crippen MR) is 67.7 cm³/mol. The maximum Gasteiger partial charge on any atom is 0.166 e. The van der Waals surface area contributed by atoms with Gasteiger partial charge in [0, 0.05) is 24.4 Å². The lowest BCUT2D eigenvalue weighted by molar-refractivity contribution is 0.0972. The predicted octanol–water partition coefficient (Wildman–Crippen LogP) is 3.15. The van der Waals surface area contributed by atoms with Crippen LogP contribution in [0, 0.1) is 23.0 Å². The number of nitrogens with zero attached hydrogens (tertiary/aromatic N) is 2. The van der Waals surface area contributed by atoms with Gasteiger partial charge in [-0.3, -0.25) is 4.79 Å². The molecule has 0 N–H and O–H groups in total. The number of carbonyl (C=O) groups excluding carboxylic acids is 1. The van der Waals surface area contributed by atoms with Crippen LogP contribution in [-0.4, -0.2) is 10.4 Å². The number of carbonyl (C=O) groups is 1. The monoisotopic (exact) mass is 272 g/mol. The van der Waals surface area contributed by atoms with Crippen LogP contribution in [-0.2, 0) is 6.42 Å². The van der Waals surface area contributed by atoms with Crippen molar-refractivity contribution in [1.29, 1.82) is 5.26 Å². The lowest BCUT2D eigenvalue weighted by atomic mass is 9.94. The zero-order valence-electron chi connectivity index (χ0n) is 10.5. The van der Waals surface area contributed by atoms with Crippen molar-refractivity contribution in [2.24, 2.45) is 0 Å². The van der Waals surface area contributed by atoms with Crippen LogP contribution in [0.2, 0.25) is 0 Å². The number of ketones is 1. The molecule has 0 spiro atoms. The van der Waals surface area contributed by atoms with E-state index >= 15 is 0 Å². The summed E-state index contributed by atoms with van der Waals surface area (Å²) >= 11 is 0. The molecule has 100 valence electrons. The molecule has 0 atom stereocenters. The van der Waals surface area contributed by atoms with Crippen molar-refractivity contribution in [3.8, 4) is 11.8 Å². The average molecular weight is 272 g/mol. The summed E-state index contributed by atoms with van der Waals surface area (Å²) in [6.07, 6.45) is 3.17. The van der Waals surface area contributed by atoms with Crippen molar-refractivity contribution < 1.29 is 13.6 Å². The Bertz CT molecular complexity index is 736. The third-order valence-corrected chi connectivity index (χ3v) is 3.45. The van der Waals surface area contributed by atoms with E-state index in [1.54, 1.807) is 0 Å². The van der Waals surface area contributed by atoms with Gasteiger partial charge in [-0.1, -0.05) is 0 Å². The first-order chi connectivity index (χ1) is 9.60. The second-order valence-electron chi connectivity index (χ2n) is 4.75. The van der Waals surface area contributed by atoms with E-state index in [0.29, 0.717) is 30.5 Å². The van der Waals surface area contributed by atoms with Crippen LogP contribution < -0.4 is 0 Å². The van der Waals surface area contributed by atoms with E-state index in [-0.39, 0.29) is 17.0 Å². The Hall–Kier alpha value is -2.48. The fraction of sp³-hybridized carbons (Fsp3) is 0.200. The number of hydrogen-bond acceptors (Lipinski definition) is 2. The molecular formula is C15H10F2N2O. The van der Waals surface area contributed by atoms with Gasteiger partial charge in [0.15, 0.2) is 5.78 Å². The summed E-state index contributed by atoms with van der Waals surface area (Å²) < 4.78 is 28.2. The number of hydrogen-bond donors (Lipinski definition) is 0. The Labute approximate surface area is 114 Å². The molecule has 3 nitrogen and oxygen atoms in total. The number of Topliss-reactive ketones (excluding diaryl/α,β-unsaturated/α-hetero) is 1. The first-order valence-corrected chi connectivity index (χ1v) is 6.24. The van der Waals surface area contributed by atoms with Gasteiger partial charge < -0.3 is 4.57 Å². The van der Waals surface area contributed by atoms with Gasteiger partial charge in [-0.05, 0) is 25.0 Å². The quantitative estimate of drug-likeness (QED) is 0.800. The van der Waals surface area contributed by atoms with Crippen LogP contribution in [0.5, 0.6) is 0 Å². The number of nitriles is 1. The number of benzene rings is 1. The van der Waals surface area contributed by atoms with Crippen molar-refractivity contribution in [2.45, 2.75) is 19.3 Å². The molecule has 0 fully saturated rings. The lowest BCUT2D eigenvalue weighted by Crippen LogP contribution is -2.13. The normalized spacial score (nSPS) is 13.9. The molecule has 1 heterocycles. The van der Waals surface area contributed by atoms with E-state index in [2.05, 4.69) is 0 Å². The van der Waals surface area contributed by atoms with Gasteiger partial charge in [0.05, 0.1) is 16.8 Å². The fourth-order valence-electron chi connectivity index (χ4n) is 2.64. The Morgan fingerprint density at radius 1 is 1.15 bits per heavy atom. The molecule has 0 bridgehead atoms. The molecule has 3 rings (SSSR count). The maximum absolute atomic E-state index is 13.3. The smallest absolute Gasteiger partial charge is 0.166 e. The fourth-order valence-corrected chi connectivity index (χ4v) is 2.64. The third-order valence-electron chi connectivity index (χ3n) is 3.45. The molecule has 0 amide bonds. The molecule has 0 radical (unpaired) electrons. The highest BCUT2D eigenvalue weighted by molar-refractivity contribution is 6.00. The molecular weight excluding hydrogens is 262 g/mol. The summed E-state index contributed by atoms with van der Waals surface area (Å²) in [6.45, 7) is 0. The van der Waals surface area contributed by atoms with Gasteiger partial charge in [-0.2, -0.15) is 5.26 Å². The van der Waals surface area contributed by atoms with E-state index in [1.165, 1.54) is 22.9 Å². The number of halogens is 2. The number of aromatic nitrogens is 1. The topological polar surface area (TPSA) is 45.8 Å². The van der Waals surface area contributed by atoms with Gasteiger partial charge in [0.1, 0.15) is 17.7 Å². The zero-order valence-corrected chi connectivity index (χ0v) is 10.5. The minimum Gasteiger partial charge on any atom is -0.319 e. The first kappa shape index (κ1) is 12.5. The van der Waals surface area contributed by atoms with Crippen molar-refractivity contribution in [3.05, 3.63) is 52.9 Å². The minimum atomic E-state index is -0.692. The van der Waals surface area contributed by atoms with Crippen LogP contribution in [0.25, 0.3) is 5.69 Å². The van der Waals surface area contributed by atoms with Crippen LogP contribution in [0.15, 0.2) is 24.4 Å². The minimum absolute atomic E-state index is 0.0848. The molecule has 5 heteroatoms. The van der Waals surface area contributed by atoms with Crippen molar-refractivity contribution >= 4 is 5.78 Å². The van der Waals surface area contributed by atoms with E-state index in [1.807, 2.05) is 6.07 Å². The summed E-state index contributed by atoms with van der Waals surface area (Å²) in [5.74, 6) is -1.47. The standard InChI is InChI=1S/C15H10F2N2O/c16-10-4-11(17)6-12(5-10)19-8-9(7-18)15-13(19)2-1-3-14(15)20/h4-6,8H,1-3H2. The molecule has 2 aromatic rings. The lowest BCUT2D eigenvalue weighted by Gasteiger charge is -2.15. The molecule has 1 aliphatic carbocycles. The van der Waals surface area contributed by atoms with Crippen LogP contribution in [0.1, 0.15) is 34.5 Å². The second kappa shape index (κ2) is 4.57. The average Bonchev–Trinajstić information content (AvgIpc) is 2.78. The summed E-state index contributed by atoms with van der Waals surface area (Å²) in [5, 5.41) is 9.12. The number of fused-ring (bicyclic) bond motifs is 1. The highest BCUT2D eigenvalue weighted by Gasteiger charge is 2.26. The highest BCUT2D eigenvalue weighted by atomic mass is 19.1. The Kier molecular flexibility index (Phi) is 2.87. The van der Waals surface area contributed by atoms with E-state index in [0.717, 1.165) is 6.07 Å². The molecule has 0 saturated heterocycles. The molecule has 1 aromatic carbocycles. The Morgan fingerprint density at radius 3 is 2.50 bits per heavy atom. The summed E-state index contributed by atoms with van der Waals surface area (Å²) in [4.78, 5) is 11.9. The van der Waals surface area contributed by atoms with Crippen molar-refractivity contribution in [3.63, 3.8) is 0 Å². The third kappa shape index (κ3) is 1.90. The maximum atomic E-state index is 13.3. The molecule has 1 aliphatic rings. The largest absolute Gasteiger partial charge is 0.319 e. The van der Waals surface area contributed by atoms with E-state index in [9.17, 15) is 13.6 Å². The van der Waals surface area contributed by atoms with Gasteiger partial charge >= 0.3 is 0 Å². The molecule has 0 aliphatic heterocycles. The summed E-state index contributed by atoms with van der Waals surface area (Å²) in [5.41, 5.74) is 1.59. The van der Waals surface area contributed by atoms with Crippen LogP contribution >= 0.6 is 0 Å². The molecule has 0 saturated carbocycles. The Balaban J connectivity index is 2.25. The van der Waals surface area contributed by atoms with Gasteiger partial charge in [0.2, 0.25) is 0 Å². The Morgan fingerprint density at radius 2 is 1.85 bits per heavy atom. The van der Waals surface area contributed by atoms with E-state index < -0.39 is 11.6 Å². The van der Waals surface area contributed by atoms with Gasteiger partial charge in [-0.25, -0.2) is 8.78 Å². The van der Waals surface area contributed by atoms with Gasteiger partial charge in [0.25, 0.3) is 0 Å².